The van der Waals surface area contributed by atoms with E-state index in [1.54, 1.807) is 11.3 Å². The van der Waals surface area contributed by atoms with Gasteiger partial charge in [0.15, 0.2) is 10.8 Å². The zero-order valence-corrected chi connectivity index (χ0v) is 11.9. The third-order valence-corrected chi connectivity index (χ3v) is 4.92. The highest BCUT2D eigenvalue weighted by atomic mass is 32.1. The first-order chi connectivity index (χ1) is 9.29. The van der Waals surface area contributed by atoms with Crippen molar-refractivity contribution in [2.45, 2.75) is 44.7 Å². The maximum absolute atomic E-state index is 5.94. The fourth-order valence-electron chi connectivity index (χ4n) is 2.42. The topological polar surface area (TPSA) is 38.1 Å². The van der Waals surface area contributed by atoms with Gasteiger partial charge in [0.2, 0.25) is 0 Å². The molecule has 2 fully saturated rings. The van der Waals surface area contributed by atoms with E-state index in [2.05, 4.69) is 34.7 Å². The Bertz CT molecular complexity index is 584. The van der Waals surface area contributed by atoms with E-state index >= 15 is 0 Å². The molecule has 4 rings (SSSR count). The highest BCUT2D eigenvalue weighted by molar-refractivity contribution is 7.13. The van der Waals surface area contributed by atoms with Crippen LogP contribution in [0.4, 0.5) is 0 Å². The number of rotatable bonds is 5. The van der Waals surface area contributed by atoms with Gasteiger partial charge in [0.25, 0.3) is 0 Å². The van der Waals surface area contributed by atoms with Crippen molar-refractivity contribution in [1.82, 2.24) is 10.3 Å². The van der Waals surface area contributed by atoms with E-state index in [4.69, 9.17) is 4.42 Å². The lowest BCUT2D eigenvalue weighted by Crippen LogP contribution is -2.15. The Morgan fingerprint density at radius 1 is 1.42 bits per heavy atom. The third-order valence-electron chi connectivity index (χ3n) is 4.01. The summed E-state index contributed by atoms with van der Waals surface area (Å²) in [6.45, 7) is 3.16. The summed E-state index contributed by atoms with van der Waals surface area (Å²) in [6.07, 6.45) is 3.90. The summed E-state index contributed by atoms with van der Waals surface area (Å²) >= 11 is 1.68. The Balaban J connectivity index is 1.46. The molecule has 0 saturated heterocycles. The Kier molecular flexibility index (Phi) is 2.74. The second kappa shape index (κ2) is 4.46. The Labute approximate surface area is 117 Å². The van der Waals surface area contributed by atoms with E-state index in [0.717, 1.165) is 40.7 Å². The molecule has 0 aliphatic heterocycles. The van der Waals surface area contributed by atoms with E-state index < -0.39 is 0 Å². The van der Waals surface area contributed by atoms with Crippen molar-refractivity contribution in [2.75, 3.05) is 0 Å². The van der Waals surface area contributed by atoms with Gasteiger partial charge in [0, 0.05) is 23.9 Å². The molecule has 2 aliphatic carbocycles. The molecule has 100 valence electrons. The Morgan fingerprint density at radius 2 is 2.26 bits per heavy atom. The minimum atomic E-state index is 0.643. The van der Waals surface area contributed by atoms with Gasteiger partial charge in [-0.3, -0.25) is 0 Å². The quantitative estimate of drug-likeness (QED) is 0.901. The van der Waals surface area contributed by atoms with Crippen LogP contribution in [-0.4, -0.2) is 11.0 Å². The van der Waals surface area contributed by atoms with E-state index in [9.17, 15) is 0 Å². The fraction of sp³-hybridized carbons (Fsp3) is 0.533. The number of nitrogens with zero attached hydrogens (tertiary/aromatic N) is 1. The van der Waals surface area contributed by atoms with Crippen LogP contribution in [0.3, 0.4) is 0 Å². The second-order valence-corrected chi connectivity index (χ2v) is 6.68. The fourth-order valence-corrected chi connectivity index (χ4v) is 3.20. The monoisotopic (exact) mass is 274 g/mol. The number of aromatic nitrogens is 1. The minimum absolute atomic E-state index is 0.643. The van der Waals surface area contributed by atoms with Crippen LogP contribution >= 0.6 is 11.3 Å². The van der Waals surface area contributed by atoms with Crippen LogP contribution in [0.2, 0.25) is 0 Å². The minimum Gasteiger partial charge on any atom is -0.458 e. The number of furan rings is 1. The average Bonchev–Trinajstić information content (AvgIpc) is 3.25. The van der Waals surface area contributed by atoms with Crippen LogP contribution in [0.5, 0.6) is 0 Å². The summed E-state index contributed by atoms with van der Waals surface area (Å²) in [4.78, 5) is 4.65. The van der Waals surface area contributed by atoms with Gasteiger partial charge >= 0.3 is 0 Å². The van der Waals surface area contributed by atoms with Crippen molar-refractivity contribution in [1.29, 1.82) is 0 Å². The first-order valence-corrected chi connectivity index (χ1v) is 7.95. The van der Waals surface area contributed by atoms with Gasteiger partial charge in [0.1, 0.15) is 5.76 Å². The summed E-state index contributed by atoms with van der Waals surface area (Å²) in [5, 5.41) is 6.63. The predicted octanol–water partition coefficient (Wildman–Crippen LogP) is 3.78. The molecule has 2 atom stereocenters. The van der Waals surface area contributed by atoms with Crippen LogP contribution in [0, 0.1) is 5.92 Å². The summed E-state index contributed by atoms with van der Waals surface area (Å²) in [5.74, 6) is 3.49. The number of nitrogens with one attached hydrogen (secondary N) is 1. The maximum Gasteiger partial charge on any atom is 0.162 e. The molecule has 19 heavy (non-hydrogen) atoms. The van der Waals surface area contributed by atoms with E-state index in [1.807, 2.05) is 0 Å². The number of thiazole rings is 1. The smallest absolute Gasteiger partial charge is 0.162 e. The first kappa shape index (κ1) is 11.7. The SMILES string of the molecule is CC1CC1c1ccc(-c2nc(CNC3CC3)cs2)o1. The zero-order chi connectivity index (χ0) is 12.8. The molecule has 3 nitrogen and oxygen atoms in total. The molecule has 1 N–H and O–H groups in total. The lowest BCUT2D eigenvalue weighted by Gasteiger charge is -1.97. The normalized spacial score (nSPS) is 25.7. The molecule has 2 aromatic heterocycles. The van der Waals surface area contributed by atoms with Crippen molar-refractivity contribution in [3.63, 3.8) is 0 Å². The van der Waals surface area contributed by atoms with Crippen molar-refractivity contribution in [3.05, 3.63) is 29.0 Å². The maximum atomic E-state index is 5.94. The van der Waals surface area contributed by atoms with Crippen LogP contribution < -0.4 is 5.32 Å². The molecule has 2 heterocycles. The summed E-state index contributed by atoms with van der Waals surface area (Å²) < 4.78 is 5.94. The van der Waals surface area contributed by atoms with Crippen molar-refractivity contribution < 1.29 is 4.42 Å². The third kappa shape index (κ3) is 2.47. The number of hydrogen-bond acceptors (Lipinski definition) is 4. The van der Waals surface area contributed by atoms with E-state index in [-0.39, 0.29) is 0 Å². The number of hydrogen-bond donors (Lipinski definition) is 1. The average molecular weight is 274 g/mol. The molecule has 2 saturated carbocycles. The lowest BCUT2D eigenvalue weighted by molar-refractivity contribution is 0.518. The molecular formula is C15H18N2OS. The van der Waals surface area contributed by atoms with Gasteiger partial charge in [-0.15, -0.1) is 11.3 Å². The molecular weight excluding hydrogens is 256 g/mol. The molecule has 0 spiro atoms. The molecule has 2 aromatic rings. The molecule has 0 radical (unpaired) electrons. The molecule has 4 heteroatoms. The van der Waals surface area contributed by atoms with Crippen LogP contribution in [0.25, 0.3) is 10.8 Å². The molecule has 2 unspecified atom stereocenters. The predicted molar refractivity (Wildman–Crippen MR) is 76.2 cm³/mol. The van der Waals surface area contributed by atoms with E-state index in [0.29, 0.717) is 5.92 Å². The van der Waals surface area contributed by atoms with Crippen molar-refractivity contribution >= 4 is 11.3 Å². The summed E-state index contributed by atoms with van der Waals surface area (Å²) in [7, 11) is 0. The Morgan fingerprint density at radius 3 is 3.00 bits per heavy atom. The van der Waals surface area contributed by atoms with Gasteiger partial charge in [-0.2, -0.15) is 0 Å². The van der Waals surface area contributed by atoms with Gasteiger partial charge in [-0.25, -0.2) is 4.98 Å². The Hall–Kier alpha value is -1.13. The van der Waals surface area contributed by atoms with Gasteiger partial charge < -0.3 is 9.73 Å². The van der Waals surface area contributed by atoms with Gasteiger partial charge in [-0.1, -0.05) is 6.92 Å². The largest absolute Gasteiger partial charge is 0.458 e. The van der Waals surface area contributed by atoms with Crippen molar-refractivity contribution in [2.24, 2.45) is 5.92 Å². The van der Waals surface area contributed by atoms with Gasteiger partial charge in [-0.05, 0) is 37.3 Å². The second-order valence-electron chi connectivity index (χ2n) is 5.82. The highest BCUT2D eigenvalue weighted by Gasteiger charge is 2.36. The van der Waals surface area contributed by atoms with Crippen LogP contribution in [-0.2, 0) is 6.54 Å². The van der Waals surface area contributed by atoms with Gasteiger partial charge in [0.05, 0.1) is 5.69 Å². The molecule has 2 aliphatic rings. The highest BCUT2D eigenvalue weighted by Crippen LogP contribution is 2.48. The van der Waals surface area contributed by atoms with E-state index in [1.165, 1.54) is 19.3 Å². The standard InChI is InChI=1S/C15H18N2OS/c1-9-6-12(9)13-4-5-14(18-13)15-17-11(8-19-15)7-16-10-2-3-10/h4-5,8-10,12,16H,2-3,6-7H2,1H3. The molecule has 0 aromatic carbocycles. The molecule has 0 bridgehead atoms. The van der Waals surface area contributed by atoms with Crippen molar-refractivity contribution in [3.8, 4) is 10.8 Å². The summed E-state index contributed by atoms with van der Waals surface area (Å²) in [6, 6.07) is 4.92. The summed E-state index contributed by atoms with van der Waals surface area (Å²) in [5.41, 5.74) is 1.13. The van der Waals surface area contributed by atoms with Crippen LogP contribution in [0.15, 0.2) is 21.9 Å². The lowest BCUT2D eigenvalue weighted by atomic mass is 10.3. The molecule has 0 amide bonds. The van der Waals surface area contributed by atoms with Crippen LogP contribution in [0.1, 0.15) is 43.6 Å². The zero-order valence-electron chi connectivity index (χ0n) is 11.1. The first-order valence-electron chi connectivity index (χ1n) is 7.07.